The van der Waals surface area contributed by atoms with Crippen LogP contribution in [-0.2, 0) is 29.1 Å². The maximum Gasteiger partial charge on any atom is 0.259 e. The predicted molar refractivity (Wildman–Crippen MR) is 190 cm³/mol. The Morgan fingerprint density at radius 1 is 1.10 bits per heavy atom. The standard InChI is InChI=1S/C37H50N4O9S/c1-23-8-6-7-9-25-20-37(25,35(44)40-51(45,46)36(3)12-13-36)39-33(43)30-19-27(22-41(30)32(42)17-24(2)16-23)50-34-28-11-10-26(48-5)18-29(28)31(21-38-34)49-15-14-47-4/h7,9-11,18,21,23-25,27,30H,6,8,12-17,19-20,22H2,1-5H3,(H,39,43)(H,40,44)/b9-7-/t23-,24-,25-,27-,30+,37-/m1/s1. The summed E-state index contributed by atoms with van der Waals surface area (Å²) in [5.74, 6) is 0.115. The van der Waals surface area contributed by atoms with Gasteiger partial charge in [0.1, 0.15) is 35.8 Å². The van der Waals surface area contributed by atoms with Crippen LogP contribution < -0.4 is 24.2 Å². The van der Waals surface area contributed by atoms with Crippen molar-refractivity contribution in [1.29, 1.82) is 0 Å². The second kappa shape index (κ2) is 14.6. The number of sulfonamides is 1. The van der Waals surface area contributed by atoms with Crippen LogP contribution in [0.3, 0.4) is 0 Å². The molecule has 6 rings (SSSR count). The number of allylic oxidation sites excluding steroid dienone is 1. The van der Waals surface area contributed by atoms with Crippen LogP contribution in [0, 0.1) is 17.8 Å². The number of carbonyl (C=O) groups excluding carboxylic acids is 3. The summed E-state index contributed by atoms with van der Waals surface area (Å²) in [6.45, 7) is 6.68. The molecule has 1 aromatic carbocycles. The molecule has 1 aromatic heterocycles. The van der Waals surface area contributed by atoms with E-state index in [1.165, 1.54) is 0 Å². The van der Waals surface area contributed by atoms with Crippen molar-refractivity contribution in [3.8, 4) is 17.4 Å². The van der Waals surface area contributed by atoms with Gasteiger partial charge in [-0.1, -0.05) is 26.0 Å². The first-order valence-electron chi connectivity index (χ1n) is 17.9. The molecule has 2 aliphatic carbocycles. The lowest BCUT2D eigenvalue weighted by Crippen LogP contribution is -2.57. The Labute approximate surface area is 299 Å². The highest BCUT2D eigenvalue weighted by Gasteiger charge is 2.63. The van der Waals surface area contributed by atoms with E-state index in [4.69, 9.17) is 18.9 Å². The first-order chi connectivity index (χ1) is 24.3. The second-order valence-electron chi connectivity index (χ2n) is 15.0. The lowest BCUT2D eigenvalue weighted by atomic mass is 9.91. The normalized spacial score (nSPS) is 29.8. The molecular weight excluding hydrogens is 676 g/mol. The number of hydrogen-bond acceptors (Lipinski definition) is 10. The molecule has 6 atom stereocenters. The lowest BCUT2D eigenvalue weighted by Gasteiger charge is -2.28. The van der Waals surface area contributed by atoms with Crippen LogP contribution in [0.2, 0.25) is 0 Å². The smallest absolute Gasteiger partial charge is 0.259 e. The van der Waals surface area contributed by atoms with Gasteiger partial charge in [-0.15, -0.1) is 0 Å². The molecule has 3 heterocycles. The van der Waals surface area contributed by atoms with Crippen molar-refractivity contribution in [2.24, 2.45) is 17.8 Å². The van der Waals surface area contributed by atoms with E-state index in [1.807, 2.05) is 24.3 Å². The maximum absolute atomic E-state index is 14.2. The van der Waals surface area contributed by atoms with Crippen molar-refractivity contribution >= 4 is 38.5 Å². The van der Waals surface area contributed by atoms with E-state index in [0.29, 0.717) is 54.7 Å². The Balaban J connectivity index is 1.28. The van der Waals surface area contributed by atoms with Crippen molar-refractivity contribution in [2.45, 2.75) is 94.6 Å². The molecule has 2 aromatic rings. The van der Waals surface area contributed by atoms with Gasteiger partial charge in [-0.3, -0.25) is 19.1 Å². The van der Waals surface area contributed by atoms with Gasteiger partial charge in [0.05, 0.1) is 31.2 Å². The van der Waals surface area contributed by atoms with Crippen molar-refractivity contribution in [1.82, 2.24) is 19.9 Å². The molecule has 0 bridgehead atoms. The molecule has 2 N–H and O–H groups in total. The molecule has 0 unspecified atom stereocenters. The van der Waals surface area contributed by atoms with E-state index in [9.17, 15) is 22.8 Å². The number of carbonyl (C=O) groups is 3. The Bertz CT molecular complexity index is 1800. The summed E-state index contributed by atoms with van der Waals surface area (Å²) in [5.41, 5.74) is -1.44. The molecule has 3 fully saturated rings. The summed E-state index contributed by atoms with van der Waals surface area (Å²) < 4.78 is 50.4. The number of benzene rings is 1. The fourth-order valence-corrected chi connectivity index (χ4v) is 8.63. The summed E-state index contributed by atoms with van der Waals surface area (Å²) in [6, 6.07) is 4.52. The first kappa shape index (κ1) is 36.9. The summed E-state index contributed by atoms with van der Waals surface area (Å²) in [7, 11) is -0.764. The quantitative estimate of drug-likeness (QED) is 0.271. The van der Waals surface area contributed by atoms with Crippen LogP contribution in [0.1, 0.15) is 72.1 Å². The Morgan fingerprint density at radius 2 is 1.88 bits per heavy atom. The number of fused-ring (bicyclic) bond motifs is 3. The zero-order valence-electron chi connectivity index (χ0n) is 30.1. The molecule has 51 heavy (non-hydrogen) atoms. The molecule has 0 spiro atoms. The maximum atomic E-state index is 14.2. The number of rotatable bonds is 10. The van der Waals surface area contributed by atoms with E-state index in [2.05, 4.69) is 28.9 Å². The summed E-state index contributed by atoms with van der Waals surface area (Å²) in [6.07, 6.45) is 9.07. The van der Waals surface area contributed by atoms with Gasteiger partial charge in [0.2, 0.25) is 27.7 Å². The van der Waals surface area contributed by atoms with Gasteiger partial charge in [-0.25, -0.2) is 13.4 Å². The highest BCUT2D eigenvalue weighted by Crippen LogP contribution is 2.47. The van der Waals surface area contributed by atoms with Gasteiger partial charge in [0, 0.05) is 36.6 Å². The van der Waals surface area contributed by atoms with Crippen molar-refractivity contribution in [3.05, 3.63) is 36.5 Å². The number of ether oxygens (including phenoxy) is 4. The van der Waals surface area contributed by atoms with Gasteiger partial charge in [-0.05, 0) is 75.5 Å². The van der Waals surface area contributed by atoms with E-state index in [-0.39, 0.29) is 43.6 Å². The van der Waals surface area contributed by atoms with Gasteiger partial charge < -0.3 is 29.2 Å². The van der Waals surface area contributed by atoms with Gasteiger partial charge in [0.25, 0.3) is 5.91 Å². The number of methoxy groups -OCH3 is 2. The summed E-state index contributed by atoms with van der Waals surface area (Å²) in [5, 5.41) is 4.32. The SMILES string of the molecule is COCCOc1cnc(O[C@@H]2C[C@H]3C(=O)N[C@]4(C(=O)NS(=O)(=O)C5(C)CC5)C[C@H]4/C=C\CC[C@@H](C)C[C@@H](C)CC(=O)N3C2)c2ccc(OC)cc12. The highest BCUT2D eigenvalue weighted by molar-refractivity contribution is 7.91. The van der Waals surface area contributed by atoms with Crippen LogP contribution in [-0.4, -0.2) is 92.4 Å². The number of amides is 3. The van der Waals surface area contributed by atoms with E-state index >= 15 is 0 Å². The molecule has 2 aliphatic heterocycles. The molecule has 4 aliphatic rings. The third-order valence-electron chi connectivity index (χ3n) is 10.8. The van der Waals surface area contributed by atoms with E-state index in [1.54, 1.807) is 38.3 Å². The first-order valence-corrected chi connectivity index (χ1v) is 19.4. The number of aromatic nitrogens is 1. The number of hydrogen-bond donors (Lipinski definition) is 2. The molecule has 1 saturated heterocycles. The Kier molecular flexibility index (Phi) is 10.6. The molecule has 14 heteroatoms. The minimum Gasteiger partial charge on any atom is -0.497 e. The number of pyridine rings is 1. The van der Waals surface area contributed by atoms with Crippen LogP contribution in [0.25, 0.3) is 10.8 Å². The van der Waals surface area contributed by atoms with Crippen LogP contribution >= 0.6 is 0 Å². The zero-order chi connectivity index (χ0) is 36.6. The number of nitrogens with one attached hydrogen (secondary N) is 2. The average Bonchev–Trinajstić information content (AvgIpc) is 3.97. The largest absolute Gasteiger partial charge is 0.497 e. The van der Waals surface area contributed by atoms with Crippen molar-refractivity contribution < 1.29 is 41.7 Å². The van der Waals surface area contributed by atoms with Crippen LogP contribution in [0.15, 0.2) is 36.5 Å². The monoisotopic (exact) mass is 726 g/mol. The summed E-state index contributed by atoms with van der Waals surface area (Å²) in [4.78, 5) is 48.0. The van der Waals surface area contributed by atoms with Gasteiger partial charge in [0.15, 0.2) is 0 Å². The summed E-state index contributed by atoms with van der Waals surface area (Å²) >= 11 is 0. The van der Waals surface area contributed by atoms with E-state index in [0.717, 1.165) is 24.6 Å². The molecule has 3 amide bonds. The van der Waals surface area contributed by atoms with Crippen molar-refractivity contribution in [2.75, 3.05) is 34.0 Å². The van der Waals surface area contributed by atoms with Crippen LogP contribution in [0.5, 0.6) is 17.4 Å². The van der Waals surface area contributed by atoms with Gasteiger partial charge in [-0.2, -0.15) is 0 Å². The molecule has 2 saturated carbocycles. The van der Waals surface area contributed by atoms with Crippen LogP contribution in [0.4, 0.5) is 0 Å². The molecule has 278 valence electrons. The number of nitrogens with zero attached hydrogens (tertiary/aromatic N) is 2. The molecular formula is C37H50N4O9S. The zero-order valence-corrected chi connectivity index (χ0v) is 30.9. The van der Waals surface area contributed by atoms with Crippen molar-refractivity contribution in [3.63, 3.8) is 0 Å². The molecule has 13 nitrogen and oxygen atoms in total. The third-order valence-corrected chi connectivity index (χ3v) is 13.0. The minimum atomic E-state index is -3.93. The minimum absolute atomic E-state index is 0.0936. The Hall–Kier alpha value is -3.91. The average molecular weight is 727 g/mol. The van der Waals surface area contributed by atoms with Gasteiger partial charge >= 0.3 is 0 Å². The lowest BCUT2D eigenvalue weighted by molar-refractivity contribution is -0.140. The predicted octanol–water partition coefficient (Wildman–Crippen LogP) is 3.89. The van der Waals surface area contributed by atoms with E-state index < -0.39 is 44.3 Å². The third kappa shape index (κ3) is 7.81. The fraction of sp³-hybridized carbons (Fsp3) is 0.622. The molecule has 0 radical (unpaired) electrons. The second-order valence-corrected chi connectivity index (χ2v) is 17.2. The highest BCUT2D eigenvalue weighted by atomic mass is 32.2. The topological polar surface area (TPSA) is 162 Å². The fourth-order valence-electron chi connectivity index (χ4n) is 7.32. The Morgan fingerprint density at radius 3 is 2.61 bits per heavy atom.